The molecule has 170 valence electrons. The maximum atomic E-state index is 12.0. The van der Waals surface area contributed by atoms with Crippen molar-refractivity contribution in [3.63, 3.8) is 0 Å². The molecule has 0 fully saturated rings. The highest BCUT2D eigenvalue weighted by atomic mass is 16.5. The van der Waals surface area contributed by atoms with Crippen LogP contribution in [0.3, 0.4) is 0 Å². The van der Waals surface area contributed by atoms with Crippen LogP contribution < -0.4 is 19.5 Å². The van der Waals surface area contributed by atoms with Crippen LogP contribution in [0.4, 0.5) is 0 Å². The largest absolute Gasteiger partial charge is 0.497 e. The summed E-state index contributed by atoms with van der Waals surface area (Å²) in [5.41, 5.74) is 4.93. The van der Waals surface area contributed by atoms with Crippen molar-refractivity contribution in [3.05, 3.63) is 76.1 Å². The molecule has 0 unspecified atom stereocenters. The van der Waals surface area contributed by atoms with Crippen LogP contribution in [-0.2, 0) is 19.6 Å². The Morgan fingerprint density at radius 2 is 1.53 bits per heavy atom. The van der Waals surface area contributed by atoms with E-state index < -0.39 is 5.97 Å². The lowest BCUT2D eigenvalue weighted by Gasteiger charge is -2.12. The van der Waals surface area contributed by atoms with Gasteiger partial charge in [0, 0.05) is 36.6 Å². The quantitative estimate of drug-likeness (QED) is 0.495. The number of hydrogen-bond donors (Lipinski definition) is 2. The summed E-state index contributed by atoms with van der Waals surface area (Å²) in [6.07, 6.45) is 0. The maximum Gasteiger partial charge on any atom is 0.337 e. The van der Waals surface area contributed by atoms with Crippen LogP contribution in [0.5, 0.6) is 17.2 Å². The van der Waals surface area contributed by atoms with Crippen LogP contribution in [0, 0.1) is 13.8 Å². The molecule has 0 atom stereocenters. The summed E-state index contributed by atoms with van der Waals surface area (Å²) in [6, 6.07) is 13.5. The fourth-order valence-corrected chi connectivity index (χ4v) is 3.92. The topological polar surface area (TPSA) is 82.0 Å². The van der Waals surface area contributed by atoms with Crippen LogP contribution in [0.1, 0.15) is 38.4 Å². The predicted octanol–water partition coefficient (Wildman–Crippen LogP) is 4.17. The molecule has 0 saturated carbocycles. The van der Waals surface area contributed by atoms with Crippen molar-refractivity contribution in [2.45, 2.75) is 33.5 Å². The summed E-state index contributed by atoms with van der Waals surface area (Å²) in [4.78, 5) is 12.0. The van der Waals surface area contributed by atoms with E-state index in [9.17, 15) is 9.90 Å². The maximum absolute atomic E-state index is 12.0. The van der Waals surface area contributed by atoms with Gasteiger partial charge in [-0.15, -0.1) is 0 Å². The summed E-state index contributed by atoms with van der Waals surface area (Å²) < 4.78 is 17.9. The van der Waals surface area contributed by atoms with Crippen molar-refractivity contribution < 1.29 is 24.1 Å². The number of ether oxygens (including phenoxy) is 3. The molecular formula is C25H30N2O5. The molecule has 7 nitrogen and oxygen atoms in total. The average Bonchev–Trinajstić information content (AvgIpc) is 3.03. The minimum Gasteiger partial charge on any atom is -0.497 e. The van der Waals surface area contributed by atoms with Crippen LogP contribution in [0.25, 0.3) is 0 Å². The van der Waals surface area contributed by atoms with E-state index in [1.807, 2.05) is 56.3 Å². The summed E-state index contributed by atoms with van der Waals surface area (Å²) in [7, 11) is 4.84. The lowest BCUT2D eigenvalue weighted by molar-refractivity contribution is 0.0694. The summed E-state index contributed by atoms with van der Waals surface area (Å²) >= 11 is 0. The zero-order valence-corrected chi connectivity index (χ0v) is 19.2. The second-order valence-corrected chi connectivity index (χ2v) is 7.56. The molecule has 3 rings (SSSR count). The van der Waals surface area contributed by atoms with Crippen LogP contribution in [0.2, 0.25) is 0 Å². The number of nitrogens with zero attached hydrogens (tertiary/aromatic N) is 1. The zero-order valence-electron chi connectivity index (χ0n) is 19.2. The van der Waals surface area contributed by atoms with Gasteiger partial charge in [0.25, 0.3) is 0 Å². The number of carbonyl (C=O) groups is 1. The Balaban J connectivity index is 1.80. The van der Waals surface area contributed by atoms with Crippen molar-refractivity contribution in [2.75, 3.05) is 21.3 Å². The second kappa shape index (κ2) is 10.2. The summed E-state index contributed by atoms with van der Waals surface area (Å²) in [5.74, 6) is 1.21. The number of aromatic nitrogens is 1. The normalized spacial score (nSPS) is 10.8. The SMILES string of the molecule is COc1ccc(Cn2c(C)c(CNCc3ccc(OC)c(OC)c3)c(C(=O)O)c2C)cc1. The van der Waals surface area contributed by atoms with Crippen LogP contribution in [-0.4, -0.2) is 37.0 Å². The molecule has 3 aromatic rings. The molecule has 0 amide bonds. The number of nitrogens with one attached hydrogen (secondary N) is 1. The predicted molar refractivity (Wildman–Crippen MR) is 123 cm³/mol. The molecule has 0 saturated heterocycles. The Hall–Kier alpha value is -3.45. The van der Waals surface area contributed by atoms with Gasteiger partial charge in [-0.25, -0.2) is 4.79 Å². The highest BCUT2D eigenvalue weighted by Crippen LogP contribution is 2.28. The molecule has 1 heterocycles. The lowest BCUT2D eigenvalue weighted by Crippen LogP contribution is -2.15. The highest BCUT2D eigenvalue weighted by molar-refractivity contribution is 5.91. The molecule has 0 aliphatic heterocycles. The molecule has 0 aliphatic carbocycles. The lowest BCUT2D eigenvalue weighted by atomic mass is 10.1. The molecule has 0 bridgehead atoms. The first-order chi connectivity index (χ1) is 15.4. The Kier molecular flexibility index (Phi) is 7.43. The molecular weight excluding hydrogens is 408 g/mol. The molecule has 32 heavy (non-hydrogen) atoms. The van der Waals surface area contributed by atoms with Gasteiger partial charge in [0.1, 0.15) is 5.75 Å². The average molecular weight is 439 g/mol. The van der Waals surface area contributed by atoms with E-state index in [0.29, 0.717) is 36.7 Å². The number of carboxylic acids is 1. The van der Waals surface area contributed by atoms with Gasteiger partial charge in [0.05, 0.1) is 26.9 Å². The standard InChI is InChI=1S/C25H30N2O5/c1-16-21(14-26-13-19-8-11-22(31-4)23(12-19)32-5)24(25(28)29)17(2)27(16)15-18-6-9-20(30-3)10-7-18/h6-12,26H,13-15H2,1-5H3,(H,28,29). The van der Waals surface area contributed by atoms with Crippen molar-refractivity contribution in [3.8, 4) is 17.2 Å². The fourth-order valence-electron chi connectivity index (χ4n) is 3.92. The van der Waals surface area contributed by atoms with Gasteiger partial charge < -0.3 is 29.2 Å². The van der Waals surface area contributed by atoms with Crippen molar-refractivity contribution in [1.29, 1.82) is 0 Å². The highest BCUT2D eigenvalue weighted by Gasteiger charge is 2.22. The van der Waals surface area contributed by atoms with Gasteiger partial charge in [-0.2, -0.15) is 0 Å². The molecule has 0 radical (unpaired) electrons. The van der Waals surface area contributed by atoms with E-state index in [1.54, 1.807) is 21.3 Å². The molecule has 0 spiro atoms. The first kappa shape index (κ1) is 23.2. The van der Waals surface area contributed by atoms with E-state index in [2.05, 4.69) is 9.88 Å². The summed E-state index contributed by atoms with van der Waals surface area (Å²) in [6.45, 7) is 5.44. The van der Waals surface area contributed by atoms with Gasteiger partial charge in [-0.05, 0) is 49.2 Å². The van der Waals surface area contributed by atoms with Gasteiger partial charge in [0.2, 0.25) is 0 Å². The first-order valence-electron chi connectivity index (χ1n) is 10.4. The third-order valence-electron chi connectivity index (χ3n) is 5.70. The smallest absolute Gasteiger partial charge is 0.337 e. The van der Waals surface area contributed by atoms with Crippen LogP contribution >= 0.6 is 0 Å². The van der Waals surface area contributed by atoms with Gasteiger partial charge in [-0.3, -0.25) is 0 Å². The monoisotopic (exact) mass is 438 g/mol. The first-order valence-corrected chi connectivity index (χ1v) is 10.4. The van der Waals surface area contributed by atoms with Crippen LogP contribution in [0.15, 0.2) is 42.5 Å². The van der Waals surface area contributed by atoms with Gasteiger partial charge in [0.15, 0.2) is 11.5 Å². The van der Waals surface area contributed by atoms with E-state index in [-0.39, 0.29) is 0 Å². The van der Waals surface area contributed by atoms with Crippen molar-refractivity contribution >= 4 is 5.97 Å². The Morgan fingerprint density at radius 1 is 0.875 bits per heavy atom. The van der Waals surface area contributed by atoms with E-state index in [0.717, 1.165) is 33.8 Å². The van der Waals surface area contributed by atoms with Gasteiger partial charge >= 0.3 is 5.97 Å². The fraction of sp³-hybridized carbons (Fsp3) is 0.320. The number of methoxy groups -OCH3 is 3. The molecule has 2 aromatic carbocycles. The molecule has 1 aromatic heterocycles. The Bertz CT molecular complexity index is 1090. The summed E-state index contributed by atoms with van der Waals surface area (Å²) in [5, 5.41) is 13.2. The molecule has 2 N–H and O–H groups in total. The molecule has 7 heteroatoms. The van der Waals surface area contributed by atoms with E-state index in [4.69, 9.17) is 14.2 Å². The Labute approximate surface area is 188 Å². The van der Waals surface area contributed by atoms with Crippen molar-refractivity contribution in [1.82, 2.24) is 9.88 Å². The minimum atomic E-state index is -0.915. The number of aromatic carboxylic acids is 1. The third kappa shape index (κ3) is 4.89. The number of rotatable bonds is 10. The third-order valence-corrected chi connectivity index (χ3v) is 5.70. The number of hydrogen-bond acceptors (Lipinski definition) is 5. The molecule has 0 aliphatic rings. The zero-order chi connectivity index (χ0) is 23.3. The van der Waals surface area contributed by atoms with E-state index >= 15 is 0 Å². The Morgan fingerprint density at radius 3 is 2.12 bits per heavy atom. The second-order valence-electron chi connectivity index (χ2n) is 7.56. The van der Waals surface area contributed by atoms with Gasteiger partial charge in [-0.1, -0.05) is 18.2 Å². The minimum absolute atomic E-state index is 0.357. The number of carboxylic acid groups (broad SMARTS) is 1. The van der Waals surface area contributed by atoms with Crippen molar-refractivity contribution in [2.24, 2.45) is 0 Å². The number of benzene rings is 2. The van der Waals surface area contributed by atoms with E-state index in [1.165, 1.54) is 0 Å².